The Morgan fingerprint density at radius 3 is 2.48 bits per heavy atom. The zero-order valence-corrected chi connectivity index (χ0v) is 22.4. The highest BCUT2D eigenvalue weighted by atomic mass is 16.5. The van der Waals surface area contributed by atoms with Crippen LogP contribution in [0.25, 0.3) is 0 Å². The van der Waals surface area contributed by atoms with Gasteiger partial charge < -0.3 is 14.9 Å². The second-order valence-electron chi connectivity index (χ2n) is 10.9. The molecule has 1 fully saturated rings. The summed E-state index contributed by atoms with van der Waals surface area (Å²) in [5, 5.41) is 17.9. The van der Waals surface area contributed by atoms with Gasteiger partial charge in [-0.15, -0.1) is 0 Å². The highest BCUT2D eigenvalue weighted by molar-refractivity contribution is 6.23. The van der Waals surface area contributed by atoms with Gasteiger partial charge >= 0.3 is 5.97 Å². The number of carboxylic acid groups (broad SMARTS) is 1. The van der Waals surface area contributed by atoms with Crippen LogP contribution in [0.4, 0.5) is 0 Å². The van der Waals surface area contributed by atoms with E-state index in [4.69, 9.17) is 14.9 Å². The first kappa shape index (κ1) is 27.7. The number of fused-ring (bicyclic) bond motifs is 3. The van der Waals surface area contributed by atoms with Gasteiger partial charge in [-0.05, 0) is 62.3 Å². The summed E-state index contributed by atoms with van der Waals surface area (Å²) >= 11 is 0. The predicted molar refractivity (Wildman–Crippen MR) is 143 cm³/mol. The predicted octanol–water partition coefficient (Wildman–Crippen LogP) is 3.13. The van der Waals surface area contributed by atoms with Gasteiger partial charge in [0.25, 0.3) is 0 Å². The van der Waals surface area contributed by atoms with Gasteiger partial charge in [-0.3, -0.25) is 28.9 Å². The number of carbonyl (C=O) groups is 5. The number of ether oxygens (including phenoxy) is 1. The summed E-state index contributed by atoms with van der Waals surface area (Å²) in [4.78, 5) is 65.8. The normalized spacial score (nSPS) is 25.8. The minimum absolute atomic E-state index is 0.0521. The van der Waals surface area contributed by atoms with E-state index in [2.05, 4.69) is 0 Å². The Morgan fingerprint density at radius 1 is 1.02 bits per heavy atom. The molecule has 0 saturated carbocycles. The van der Waals surface area contributed by atoms with Crippen LogP contribution in [0, 0.1) is 17.8 Å². The number of unbranched alkanes of at least 4 members (excludes halogenated alkanes) is 2. The Labute approximate surface area is 232 Å². The zero-order valence-electron chi connectivity index (χ0n) is 22.4. The molecule has 1 aromatic rings. The fourth-order valence-electron chi connectivity index (χ4n) is 6.69. The van der Waals surface area contributed by atoms with Crippen LogP contribution >= 0.6 is 0 Å². The van der Waals surface area contributed by atoms with Crippen LogP contribution in [-0.2, 0) is 24.0 Å². The van der Waals surface area contributed by atoms with E-state index in [9.17, 15) is 24.0 Å². The molecule has 1 aromatic carbocycles. The number of hydrogen-bond donors (Lipinski definition) is 2. The number of allylic oxidation sites excluding steroid dienone is 6. The van der Waals surface area contributed by atoms with E-state index in [0.717, 1.165) is 11.1 Å². The zero-order chi connectivity index (χ0) is 28.6. The lowest BCUT2D eigenvalue weighted by Crippen LogP contribution is -2.39. The maximum Gasteiger partial charge on any atom is 0.303 e. The van der Waals surface area contributed by atoms with Crippen molar-refractivity contribution in [2.75, 3.05) is 19.8 Å². The number of rotatable bonds is 10. The standard InChI is InChI=1S/C31H33NO8/c1-17-15-24(34)28-23(29(17)37)16-22-20(26(28)18-6-8-19(9-7-18)40-14-13-33)10-11-21-27(22)31(39)32(30(21)38)12-4-2-3-5-25(35)36/h6-10,15,21-22,26-27,33H,2-5,11-14,16H2,1H3,(H,35,36). The molecule has 0 spiro atoms. The number of amides is 2. The minimum atomic E-state index is -0.869. The fourth-order valence-corrected chi connectivity index (χ4v) is 6.69. The van der Waals surface area contributed by atoms with Crippen molar-refractivity contribution in [2.45, 2.75) is 51.4 Å². The molecule has 2 amide bonds. The van der Waals surface area contributed by atoms with Crippen molar-refractivity contribution in [1.82, 2.24) is 4.90 Å². The third-order valence-electron chi connectivity index (χ3n) is 8.50. The Balaban J connectivity index is 1.46. The molecule has 2 N–H and O–H groups in total. The Kier molecular flexibility index (Phi) is 7.85. The van der Waals surface area contributed by atoms with Gasteiger partial charge in [0.2, 0.25) is 11.8 Å². The number of benzene rings is 1. The summed E-state index contributed by atoms with van der Waals surface area (Å²) in [5.74, 6) is -3.20. The highest BCUT2D eigenvalue weighted by Gasteiger charge is 2.56. The van der Waals surface area contributed by atoms with Gasteiger partial charge in [-0.2, -0.15) is 0 Å². The van der Waals surface area contributed by atoms with Gasteiger partial charge in [-0.1, -0.05) is 30.2 Å². The molecule has 3 aliphatic carbocycles. The van der Waals surface area contributed by atoms with Crippen LogP contribution in [0.5, 0.6) is 5.75 Å². The van der Waals surface area contributed by atoms with E-state index < -0.39 is 23.7 Å². The molecule has 1 heterocycles. The van der Waals surface area contributed by atoms with E-state index in [0.29, 0.717) is 48.2 Å². The SMILES string of the molecule is CC1=CC(=O)C2=C(CC3C(=CCC4C(=O)N(CCCCCC(=O)O)C(=O)C43)C2c2ccc(OCCO)cc2)C1=O. The molecular formula is C31H33NO8. The number of aliphatic hydroxyl groups excluding tert-OH is 1. The molecule has 0 bridgehead atoms. The largest absolute Gasteiger partial charge is 0.491 e. The average molecular weight is 548 g/mol. The smallest absolute Gasteiger partial charge is 0.303 e. The third-order valence-corrected chi connectivity index (χ3v) is 8.50. The van der Waals surface area contributed by atoms with Crippen molar-refractivity contribution in [2.24, 2.45) is 17.8 Å². The quantitative estimate of drug-likeness (QED) is 0.197. The molecule has 210 valence electrons. The Morgan fingerprint density at radius 2 is 1.77 bits per heavy atom. The first-order chi connectivity index (χ1) is 19.2. The molecule has 0 radical (unpaired) electrons. The number of imide groups is 1. The van der Waals surface area contributed by atoms with Gasteiger partial charge in [0.05, 0.1) is 18.4 Å². The Hall–Kier alpha value is -3.85. The van der Waals surface area contributed by atoms with Crippen LogP contribution in [0.2, 0.25) is 0 Å². The van der Waals surface area contributed by atoms with Gasteiger partial charge in [0.1, 0.15) is 12.4 Å². The van der Waals surface area contributed by atoms with Crippen molar-refractivity contribution in [3.05, 3.63) is 64.3 Å². The van der Waals surface area contributed by atoms with Crippen LogP contribution < -0.4 is 4.74 Å². The highest BCUT2D eigenvalue weighted by Crippen LogP contribution is 2.55. The number of nitrogens with zero attached hydrogens (tertiary/aromatic N) is 1. The second-order valence-corrected chi connectivity index (χ2v) is 10.9. The topological polar surface area (TPSA) is 138 Å². The van der Waals surface area contributed by atoms with Crippen molar-refractivity contribution in [1.29, 1.82) is 0 Å². The van der Waals surface area contributed by atoms with Crippen molar-refractivity contribution in [3.63, 3.8) is 0 Å². The number of ketones is 2. The maximum absolute atomic E-state index is 13.7. The number of hydrogen-bond acceptors (Lipinski definition) is 7. The molecule has 40 heavy (non-hydrogen) atoms. The lowest BCUT2D eigenvalue weighted by atomic mass is 9.59. The lowest BCUT2D eigenvalue weighted by Gasteiger charge is -2.42. The number of likely N-dealkylation sites (tertiary alicyclic amines) is 1. The molecular weight excluding hydrogens is 514 g/mol. The molecule has 4 aliphatic rings. The number of carboxylic acids is 1. The second kappa shape index (κ2) is 11.3. The fraction of sp³-hybridized carbons (Fsp3) is 0.452. The molecule has 1 aliphatic heterocycles. The maximum atomic E-state index is 13.7. The molecule has 9 nitrogen and oxygen atoms in total. The van der Waals surface area contributed by atoms with Gasteiger partial charge in [0.15, 0.2) is 11.6 Å². The van der Waals surface area contributed by atoms with Crippen LogP contribution in [0.1, 0.15) is 56.9 Å². The number of carbonyl (C=O) groups excluding carboxylic acids is 4. The van der Waals surface area contributed by atoms with Crippen LogP contribution in [0.15, 0.2) is 58.7 Å². The summed E-state index contributed by atoms with van der Waals surface area (Å²) in [6, 6.07) is 7.19. The van der Waals surface area contributed by atoms with Gasteiger partial charge in [0, 0.05) is 35.6 Å². The van der Waals surface area contributed by atoms with Crippen LogP contribution in [-0.4, -0.2) is 64.2 Å². The van der Waals surface area contributed by atoms with Gasteiger partial charge in [-0.25, -0.2) is 0 Å². The Bertz CT molecular complexity index is 1350. The summed E-state index contributed by atoms with van der Waals surface area (Å²) in [7, 11) is 0. The lowest BCUT2D eigenvalue weighted by molar-refractivity contribution is -0.141. The van der Waals surface area contributed by atoms with E-state index >= 15 is 0 Å². The van der Waals surface area contributed by atoms with Crippen LogP contribution in [0.3, 0.4) is 0 Å². The summed E-state index contributed by atoms with van der Waals surface area (Å²) in [6.45, 7) is 1.90. The summed E-state index contributed by atoms with van der Waals surface area (Å²) in [6.07, 6.45) is 5.66. The molecule has 0 aromatic heterocycles. The summed E-state index contributed by atoms with van der Waals surface area (Å²) < 4.78 is 5.49. The first-order valence-corrected chi connectivity index (χ1v) is 13.8. The summed E-state index contributed by atoms with van der Waals surface area (Å²) in [5.41, 5.74) is 2.91. The van der Waals surface area contributed by atoms with Crippen molar-refractivity contribution >= 4 is 29.4 Å². The minimum Gasteiger partial charge on any atom is -0.491 e. The molecule has 1 saturated heterocycles. The molecule has 9 heteroatoms. The molecule has 5 rings (SSSR count). The third kappa shape index (κ3) is 4.94. The molecule has 4 atom stereocenters. The van der Waals surface area contributed by atoms with Crippen molar-refractivity contribution < 1.29 is 38.9 Å². The number of aliphatic hydroxyl groups is 1. The van der Waals surface area contributed by atoms with E-state index in [1.54, 1.807) is 19.1 Å². The average Bonchev–Trinajstić information content (AvgIpc) is 3.18. The monoisotopic (exact) mass is 547 g/mol. The number of Topliss-reactive ketones (excluding diaryl/α,β-unsaturated/α-hetero) is 1. The van der Waals surface area contributed by atoms with E-state index in [1.807, 2.05) is 18.2 Å². The number of aliphatic carboxylic acids is 1. The first-order valence-electron chi connectivity index (χ1n) is 13.8. The van der Waals surface area contributed by atoms with Crippen molar-refractivity contribution in [3.8, 4) is 5.75 Å². The molecule has 4 unspecified atom stereocenters. The van der Waals surface area contributed by atoms with E-state index in [1.165, 1.54) is 11.0 Å². The van der Waals surface area contributed by atoms with E-state index in [-0.39, 0.29) is 61.9 Å².